The van der Waals surface area contributed by atoms with Gasteiger partial charge in [-0.2, -0.15) is 0 Å². The number of carbonyl (C=O) groups is 1. The molecule has 1 aliphatic heterocycles. The van der Waals surface area contributed by atoms with Crippen LogP contribution in [-0.2, 0) is 9.53 Å². The fraction of sp³-hybridized carbons (Fsp3) is 0.929. The fourth-order valence-corrected chi connectivity index (χ4v) is 2.58. The van der Waals surface area contributed by atoms with Crippen molar-refractivity contribution in [3.63, 3.8) is 0 Å². The van der Waals surface area contributed by atoms with Gasteiger partial charge in [0.15, 0.2) is 0 Å². The van der Waals surface area contributed by atoms with E-state index in [1.54, 1.807) is 7.11 Å². The molecular weight excluding hydrogens is 313 g/mol. The van der Waals surface area contributed by atoms with E-state index in [0.29, 0.717) is 18.4 Å². The number of hydrogen-bond acceptors (Lipinski definition) is 4. The van der Waals surface area contributed by atoms with E-state index in [2.05, 4.69) is 17.1 Å². The van der Waals surface area contributed by atoms with Gasteiger partial charge in [0.05, 0.1) is 6.61 Å². The minimum absolute atomic E-state index is 0. The van der Waals surface area contributed by atoms with E-state index in [9.17, 15) is 4.79 Å². The molecule has 0 aliphatic carbocycles. The molecule has 1 amide bonds. The Balaban J connectivity index is 0. The van der Waals surface area contributed by atoms with Crippen LogP contribution in [0.15, 0.2) is 0 Å². The summed E-state index contributed by atoms with van der Waals surface area (Å²) in [5.74, 6) is 0.306. The van der Waals surface area contributed by atoms with Gasteiger partial charge >= 0.3 is 0 Å². The van der Waals surface area contributed by atoms with E-state index < -0.39 is 0 Å². The minimum atomic E-state index is 0. The van der Waals surface area contributed by atoms with Crippen LogP contribution in [0.1, 0.15) is 26.2 Å². The molecule has 5 nitrogen and oxygen atoms in total. The van der Waals surface area contributed by atoms with Crippen molar-refractivity contribution >= 4 is 30.7 Å². The summed E-state index contributed by atoms with van der Waals surface area (Å²) in [5.41, 5.74) is 0. The van der Waals surface area contributed by atoms with Crippen molar-refractivity contribution in [1.82, 2.24) is 15.1 Å². The van der Waals surface area contributed by atoms with Crippen LogP contribution in [0.4, 0.5) is 0 Å². The van der Waals surface area contributed by atoms with Crippen LogP contribution in [-0.4, -0.2) is 75.2 Å². The SMILES string of the molecule is CCC1CN(C(=O)CCCNC)CCN1CCOC.Cl.Cl. The van der Waals surface area contributed by atoms with E-state index in [4.69, 9.17) is 4.74 Å². The predicted molar refractivity (Wildman–Crippen MR) is 91.8 cm³/mol. The van der Waals surface area contributed by atoms with Gasteiger partial charge in [0, 0.05) is 45.8 Å². The fourth-order valence-electron chi connectivity index (χ4n) is 2.58. The number of piperazine rings is 1. The first kappa shape index (κ1) is 23.2. The Kier molecular flexibility index (Phi) is 15.0. The highest BCUT2D eigenvalue weighted by atomic mass is 35.5. The highest BCUT2D eigenvalue weighted by molar-refractivity contribution is 5.85. The third-order valence-corrected chi connectivity index (χ3v) is 3.83. The molecule has 0 aromatic carbocycles. The molecule has 1 aliphatic rings. The summed E-state index contributed by atoms with van der Waals surface area (Å²) < 4.78 is 5.15. The van der Waals surface area contributed by atoms with Gasteiger partial charge in [0.1, 0.15) is 0 Å². The van der Waals surface area contributed by atoms with Gasteiger partial charge < -0.3 is 15.0 Å². The average Bonchev–Trinajstić information content (AvgIpc) is 2.45. The van der Waals surface area contributed by atoms with Gasteiger partial charge in [-0.1, -0.05) is 6.92 Å². The summed E-state index contributed by atoms with van der Waals surface area (Å²) in [5, 5.41) is 3.08. The van der Waals surface area contributed by atoms with Gasteiger partial charge in [0.25, 0.3) is 0 Å². The van der Waals surface area contributed by atoms with Crippen LogP contribution in [0.2, 0.25) is 0 Å². The molecule has 1 N–H and O–H groups in total. The van der Waals surface area contributed by atoms with Crippen molar-refractivity contribution in [3.05, 3.63) is 0 Å². The smallest absolute Gasteiger partial charge is 0.222 e. The second-order valence-electron chi connectivity index (χ2n) is 5.14. The molecule has 21 heavy (non-hydrogen) atoms. The molecule has 1 unspecified atom stereocenters. The van der Waals surface area contributed by atoms with Crippen molar-refractivity contribution < 1.29 is 9.53 Å². The number of amides is 1. The second-order valence-corrected chi connectivity index (χ2v) is 5.14. The second kappa shape index (κ2) is 13.6. The zero-order valence-electron chi connectivity index (χ0n) is 13.5. The lowest BCUT2D eigenvalue weighted by atomic mass is 10.1. The summed E-state index contributed by atoms with van der Waals surface area (Å²) in [7, 11) is 3.66. The van der Waals surface area contributed by atoms with E-state index in [0.717, 1.165) is 52.2 Å². The number of carbonyl (C=O) groups excluding carboxylic acids is 1. The maximum absolute atomic E-state index is 12.1. The third kappa shape index (κ3) is 8.21. The first-order valence-corrected chi connectivity index (χ1v) is 7.38. The van der Waals surface area contributed by atoms with E-state index in [1.807, 2.05) is 11.9 Å². The van der Waals surface area contributed by atoms with Crippen LogP contribution in [0, 0.1) is 0 Å². The van der Waals surface area contributed by atoms with Crippen LogP contribution >= 0.6 is 24.8 Å². The monoisotopic (exact) mass is 343 g/mol. The van der Waals surface area contributed by atoms with E-state index in [1.165, 1.54) is 0 Å². The normalized spacial score (nSPS) is 18.8. The lowest BCUT2D eigenvalue weighted by Gasteiger charge is -2.41. The molecule has 7 heteroatoms. The molecule has 0 radical (unpaired) electrons. The molecule has 1 saturated heterocycles. The van der Waals surface area contributed by atoms with Crippen LogP contribution in [0.5, 0.6) is 0 Å². The highest BCUT2D eigenvalue weighted by Crippen LogP contribution is 2.13. The number of nitrogens with one attached hydrogen (secondary N) is 1. The molecule has 0 spiro atoms. The van der Waals surface area contributed by atoms with Gasteiger partial charge in [-0.15, -0.1) is 24.8 Å². The minimum Gasteiger partial charge on any atom is -0.383 e. The molecule has 1 fully saturated rings. The lowest BCUT2D eigenvalue weighted by Crippen LogP contribution is -2.55. The number of methoxy groups -OCH3 is 1. The van der Waals surface area contributed by atoms with Crippen molar-refractivity contribution in [3.8, 4) is 0 Å². The Morgan fingerprint density at radius 1 is 1.33 bits per heavy atom. The van der Waals surface area contributed by atoms with Crippen molar-refractivity contribution in [2.24, 2.45) is 0 Å². The standard InChI is InChI=1S/C14H29N3O2.2ClH/c1-4-13-12-17(14(18)6-5-7-15-2)9-8-16(13)10-11-19-3;;/h13,15H,4-12H2,1-3H3;2*1H. The Bertz CT molecular complexity index is 271. The molecule has 1 heterocycles. The third-order valence-electron chi connectivity index (χ3n) is 3.83. The Labute approximate surface area is 141 Å². The van der Waals surface area contributed by atoms with Crippen LogP contribution in [0.25, 0.3) is 0 Å². The Hall–Kier alpha value is -0.0700. The number of nitrogens with zero attached hydrogens (tertiary/aromatic N) is 2. The van der Waals surface area contributed by atoms with Crippen molar-refractivity contribution in [2.45, 2.75) is 32.2 Å². The zero-order valence-corrected chi connectivity index (χ0v) is 15.1. The quantitative estimate of drug-likeness (QED) is 0.676. The topological polar surface area (TPSA) is 44.8 Å². The summed E-state index contributed by atoms with van der Waals surface area (Å²) in [4.78, 5) is 16.6. The van der Waals surface area contributed by atoms with Crippen LogP contribution < -0.4 is 5.32 Å². The van der Waals surface area contributed by atoms with E-state index >= 15 is 0 Å². The maximum atomic E-state index is 12.1. The van der Waals surface area contributed by atoms with Crippen molar-refractivity contribution in [1.29, 1.82) is 0 Å². The van der Waals surface area contributed by atoms with Crippen molar-refractivity contribution in [2.75, 3.05) is 53.5 Å². The number of ether oxygens (including phenoxy) is 1. The predicted octanol–water partition coefficient (Wildman–Crippen LogP) is 1.40. The molecule has 0 aromatic rings. The molecule has 128 valence electrons. The summed E-state index contributed by atoms with van der Waals surface area (Å²) in [6.07, 6.45) is 2.68. The van der Waals surface area contributed by atoms with Crippen LogP contribution in [0.3, 0.4) is 0 Å². The molecule has 0 aromatic heterocycles. The summed E-state index contributed by atoms with van der Waals surface area (Å²) in [6, 6.07) is 0.483. The van der Waals surface area contributed by atoms with E-state index in [-0.39, 0.29) is 24.8 Å². The van der Waals surface area contributed by atoms with Gasteiger partial charge in [-0.25, -0.2) is 0 Å². The lowest BCUT2D eigenvalue weighted by molar-refractivity contribution is -0.134. The Morgan fingerprint density at radius 3 is 2.62 bits per heavy atom. The molecule has 0 saturated carbocycles. The molecule has 0 bridgehead atoms. The summed E-state index contributed by atoms with van der Waals surface area (Å²) >= 11 is 0. The first-order chi connectivity index (χ1) is 9.22. The molecular formula is C14H31Cl2N3O2. The number of halogens is 2. The van der Waals surface area contributed by atoms with Gasteiger partial charge in [0.2, 0.25) is 5.91 Å². The largest absolute Gasteiger partial charge is 0.383 e. The highest BCUT2D eigenvalue weighted by Gasteiger charge is 2.27. The zero-order chi connectivity index (χ0) is 14.1. The summed E-state index contributed by atoms with van der Waals surface area (Å²) in [6.45, 7) is 7.55. The van der Waals surface area contributed by atoms with Gasteiger partial charge in [-0.3, -0.25) is 9.69 Å². The Morgan fingerprint density at radius 2 is 2.05 bits per heavy atom. The van der Waals surface area contributed by atoms with Gasteiger partial charge in [-0.05, 0) is 26.4 Å². The average molecular weight is 344 g/mol. The molecule has 1 rings (SSSR count). The first-order valence-electron chi connectivity index (χ1n) is 7.38. The molecule has 1 atom stereocenters. The maximum Gasteiger partial charge on any atom is 0.222 e. The number of rotatable bonds is 8. The number of hydrogen-bond donors (Lipinski definition) is 1.